The Kier molecular flexibility index (Phi) is 6.73. The van der Waals surface area contributed by atoms with Gasteiger partial charge in [-0.3, -0.25) is 0 Å². The maximum atomic E-state index is 11.0. The molecule has 0 aromatic heterocycles. The molecule has 0 aliphatic heterocycles. The Hall–Kier alpha value is -0.430. The van der Waals surface area contributed by atoms with Crippen molar-refractivity contribution >= 4 is 10.2 Å². The third-order valence-corrected chi connectivity index (χ3v) is 2.47. The molecular weight excluding hydrogens is 204 g/mol. The van der Waals surface area contributed by atoms with Crippen LogP contribution in [0, 0.1) is 0 Å². The van der Waals surface area contributed by atoms with E-state index in [1.165, 1.54) is 0 Å². The van der Waals surface area contributed by atoms with Crippen molar-refractivity contribution in [1.29, 1.82) is 0 Å². The van der Waals surface area contributed by atoms with Crippen LogP contribution < -0.4 is 9.44 Å². The fourth-order valence-corrected chi connectivity index (χ4v) is 1.57. The van der Waals surface area contributed by atoms with Crippen molar-refractivity contribution in [3.8, 4) is 0 Å². The Morgan fingerprint density at radius 3 is 2.57 bits per heavy atom. The quantitative estimate of drug-likeness (QED) is 0.449. The van der Waals surface area contributed by atoms with Gasteiger partial charge in [0.15, 0.2) is 0 Å². The molecule has 0 aromatic carbocycles. The molecule has 0 saturated carbocycles. The minimum atomic E-state index is -3.33. The van der Waals surface area contributed by atoms with Crippen LogP contribution in [0.5, 0.6) is 0 Å². The summed E-state index contributed by atoms with van der Waals surface area (Å²) >= 11 is 0. The van der Waals surface area contributed by atoms with Crippen LogP contribution in [0.3, 0.4) is 0 Å². The SMILES string of the molecule is C=C(C)COCCNS(=O)(=O)NCC. The van der Waals surface area contributed by atoms with E-state index in [0.717, 1.165) is 5.57 Å². The van der Waals surface area contributed by atoms with Gasteiger partial charge in [0.2, 0.25) is 0 Å². The van der Waals surface area contributed by atoms with E-state index >= 15 is 0 Å². The van der Waals surface area contributed by atoms with Crippen LogP contribution in [0.1, 0.15) is 13.8 Å². The summed E-state index contributed by atoms with van der Waals surface area (Å²) in [5.74, 6) is 0. The number of hydrogen-bond donors (Lipinski definition) is 2. The predicted molar refractivity (Wildman–Crippen MR) is 56.2 cm³/mol. The Bertz CT molecular complexity index is 262. The van der Waals surface area contributed by atoms with Crippen molar-refractivity contribution in [2.75, 3.05) is 26.3 Å². The lowest BCUT2D eigenvalue weighted by atomic mass is 10.4. The Morgan fingerprint density at radius 1 is 1.43 bits per heavy atom. The van der Waals surface area contributed by atoms with Gasteiger partial charge in [-0.2, -0.15) is 13.1 Å². The summed E-state index contributed by atoms with van der Waals surface area (Å²) in [5.41, 5.74) is 0.916. The van der Waals surface area contributed by atoms with Gasteiger partial charge in [0.1, 0.15) is 0 Å². The fourth-order valence-electron chi connectivity index (χ4n) is 0.736. The molecule has 0 saturated heterocycles. The van der Waals surface area contributed by atoms with Gasteiger partial charge in [0.05, 0.1) is 13.2 Å². The van der Waals surface area contributed by atoms with Crippen molar-refractivity contribution in [2.24, 2.45) is 0 Å². The summed E-state index contributed by atoms with van der Waals surface area (Å²) in [4.78, 5) is 0. The second-order valence-corrected chi connectivity index (χ2v) is 4.49. The van der Waals surface area contributed by atoms with E-state index in [9.17, 15) is 8.42 Å². The standard InChI is InChI=1S/C8H18N2O3S/c1-4-9-14(11,12)10-5-6-13-7-8(2)3/h9-10H,2,4-7H2,1,3H3. The largest absolute Gasteiger partial charge is 0.376 e. The third kappa shape index (κ3) is 8.18. The molecule has 0 spiro atoms. The molecule has 84 valence electrons. The molecule has 6 heteroatoms. The molecule has 0 aliphatic rings. The first-order chi connectivity index (χ1) is 6.48. The van der Waals surface area contributed by atoms with Gasteiger partial charge in [-0.05, 0) is 6.92 Å². The highest BCUT2D eigenvalue weighted by Gasteiger charge is 2.05. The molecule has 14 heavy (non-hydrogen) atoms. The molecule has 0 radical (unpaired) electrons. The number of rotatable bonds is 8. The third-order valence-electron chi connectivity index (χ3n) is 1.22. The Labute approximate surface area is 85.7 Å². The first kappa shape index (κ1) is 13.6. The lowest BCUT2D eigenvalue weighted by molar-refractivity contribution is 0.162. The molecular formula is C8H18N2O3S. The molecule has 0 aromatic rings. The molecule has 5 nitrogen and oxygen atoms in total. The average Bonchev–Trinajstić information content (AvgIpc) is 2.02. The van der Waals surface area contributed by atoms with Crippen LogP contribution in [-0.4, -0.2) is 34.7 Å². The normalized spacial score (nSPS) is 11.6. The molecule has 0 bridgehead atoms. The zero-order valence-corrected chi connectivity index (χ0v) is 9.49. The first-order valence-corrected chi connectivity index (χ1v) is 5.92. The lowest BCUT2D eigenvalue weighted by Gasteiger charge is -2.06. The smallest absolute Gasteiger partial charge is 0.276 e. The van der Waals surface area contributed by atoms with Gasteiger partial charge in [-0.25, -0.2) is 4.72 Å². The van der Waals surface area contributed by atoms with Gasteiger partial charge in [-0.15, -0.1) is 0 Å². The van der Waals surface area contributed by atoms with E-state index in [1.54, 1.807) is 6.92 Å². The second-order valence-electron chi connectivity index (χ2n) is 2.91. The topological polar surface area (TPSA) is 67.4 Å². The van der Waals surface area contributed by atoms with Gasteiger partial charge >= 0.3 is 0 Å². The summed E-state index contributed by atoms with van der Waals surface area (Å²) in [5, 5.41) is 0. The Balaban J connectivity index is 3.49. The maximum absolute atomic E-state index is 11.0. The number of hydrogen-bond acceptors (Lipinski definition) is 3. The van der Waals surface area contributed by atoms with Crippen LogP contribution in [0.4, 0.5) is 0 Å². The summed E-state index contributed by atoms with van der Waals surface area (Å²) in [6.07, 6.45) is 0. The molecule has 0 aliphatic carbocycles. The van der Waals surface area contributed by atoms with E-state index in [1.807, 2.05) is 6.92 Å². The van der Waals surface area contributed by atoms with Crippen molar-refractivity contribution in [3.63, 3.8) is 0 Å². The van der Waals surface area contributed by atoms with Gasteiger partial charge in [0.25, 0.3) is 10.2 Å². The maximum Gasteiger partial charge on any atom is 0.276 e. The van der Waals surface area contributed by atoms with Crippen molar-refractivity contribution < 1.29 is 13.2 Å². The number of nitrogens with one attached hydrogen (secondary N) is 2. The van der Waals surface area contributed by atoms with E-state index < -0.39 is 10.2 Å². The van der Waals surface area contributed by atoms with Gasteiger partial charge in [0, 0.05) is 13.1 Å². The fraction of sp³-hybridized carbons (Fsp3) is 0.750. The first-order valence-electron chi connectivity index (χ1n) is 4.44. The van der Waals surface area contributed by atoms with Crippen LogP contribution in [0.2, 0.25) is 0 Å². The summed E-state index contributed by atoms with van der Waals surface area (Å²) in [7, 11) is -3.33. The molecule has 0 rings (SSSR count). The molecule has 0 fully saturated rings. The lowest BCUT2D eigenvalue weighted by Crippen LogP contribution is -2.38. The molecule has 0 unspecified atom stereocenters. The second kappa shape index (κ2) is 6.94. The highest BCUT2D eigenvalue weighted by molar-refractivity contribution is 7.87. The highest BCUT2D eigenvalue weighted by atomic mass is 32.2. The van der Waals surface area contributed by atoms with Crippen LogP contribution in [0.15, 0.2) is 12.2 Å². The van der Waals surface area contributed by atoms with Crippen LogP contribution in [-0.2, 0) is 14.9 Å². The van der Waals surface area contributed by atoms with E-state index in [-0.39, 0.29) is 6.54 Å². The van der Waals surface area contributed by atoms with Crippen molar-refractivity contribution in [3.05, 3.63) is 12.2 Å². The summed E-state index contributed by atoms with van der Waals surface area (Å²) in [6.45, 7) is 8.67. The van der Waals surface area contributed by atoms with E-state index in [4.69, 9.17) is 4.74 Å². The minimum Gasteiger partial charge on any atom is -0.376 e. The van der Waals surface area contributed by atoms with Crippen LogP contribution >= 0.6 is 0 Å². The monoisotopic (exact) mass is 222 g/mol. The molecule has 2 N–H and O–H groups in total. The van der Waals surface area contributed by atoms with Crippen molar-refractivity contribution in [2.45, 2.75) is 13.8 Å². The number of ether oxygens (including phenoxy) is 1. The minimum absolute atomic E-state index is 0.266. The molecule has 0 amide bonds. The van der Waals surface area contributed by atoms with E-state index in [2.05, 4.69) is 16.0 Å². The van der Waals surface area contributed by atoms with E-state index in [0.29, 0.717) is 19.8 Å². The van der Waals surface area contributed by atoms with Crippen molar-refractivity contribution in [1.82, 2.24) is 9.44 Å². The zero-order valence-electron chi connectivity index (χ0n) is 8.67. The highest BCUT2D eigenvalue weighted by Crippen LogP contribution is 1.86. The summed E-state index contributed by atoms with van der Waals surface area (Å²) < 4.78 is 31.8. The predicted octanol–water partition coefficient (Wildman–Crippen LogP) is 0.0230. The van der Waals surface area contributed by atoms with Crippen LogP contribution in [0.25, 0.3) is 0 Å². The molecule has 0 heterocycles. The molecule has 0 atom stereocenters. The Morgan fingerprint density at radius 2 is 2.07 bits per heavy atom. The van der Waals surface area contributed by atoms with Gasteiger partial charge < -0.3 is 4.74 Å². The summed E-state index contributed by atoms with van der Waals surface area (Å²) in [6, 6.07) is 0. The van der Waals surface area contributed by atoms with Gasteiger partial charge in [-0.1, -0.05) is 19.1 Å². The zero-order chi connectivity index (χ0) is 11.0. The average molecular weight is 222 g/mol.